The average molecular weight is 240 g/mol. The van der Waals surface area contributed by atoms with Crippen LogP contribution in [0.3, 0.4) is 0 Å². The molecule has 0 atom stereocenters. The molecule has 2 aromatic carbocycles. The Balaban J connectivity index is 2.12. The van der Waals surface area contributed by atoms with Crippen LogP contribution in [0.4, 0.5) is 4.79 Å². The summed E-state index contributed by atoms with van der Waals surface area (Å²) in [5, 5.41) is 0. The van der Waals surface area contributed by atoms with Gasteiger partial charge < -0.3 is 4.74 Å². The van der Waals surface area contributed by atoms with Crippen molar-refractivity contribution in [3.63, 3.8) is 0 Å². The number of hydrazine groups is 1. The zero-order valence-corrected chi connectivity index (χ0v) is 9.59. The summed E-state index contributed by atoms with van der Waals surface area (Å²) >= 11 is 0. The number of fused-ring (bicyclic) bond motifs is 3. The third kappa shape index (κ3) is 1.55. The first-order valence-electron chi connectivity index (χ1n) is 5.66. The van der Waals surface area contributed by atoms with Crippen molar-refractivity contribution >= 4 is 6.09 Å². The monoisotopic (exact) mass is 240 g/mol. The molecule has 0 unspecified atom stereocenters. The van der Waals surface area contributed by atoms with Gasteiger partial charge in [0.25, 0.3) is 0 Å². The molecule has 0 saturated carbocycles. The quantitative estimate of drug-likeness (QED) is 0.457. The Hall–Kier alpha value is -2.33. The Kier molecular flexibility index (Phi) is 2.50. The van der Waals surface area contributed by atoms with Crippen LogP contribution in [0.2, 0.25) is 0 Å². The first kappa shape index (κ1) is 10.8. The number of hydrogen-bond acceptors (Lipinski definition) is 3. The van der Waals surface area contributed by atoms with E-state index in [9.17, 15) is 4.79 Å². The van der Waals surface area contributed by atoms with Gasteiger partial charge in [-0.1, -0.05) is 48.5 Å². The van der Waals surface area contributed by atoms with Crippen LogP contribution in [0.5, 0.6) is 0 Å². The fourth-order valence-electron chi connectivity index (χ4n) is 2.38. The second-order valence-corrected chi connectivity index (χ2v) is 4.10. The van der Waals surface area contributed by atoms with E-state index in [4.69, 9.17) is 10.6 Å². The van der Waals surface area contributed by atoms with Gasteiger partial charge in [0.05, 0.1) is 0 Å². The molecule has 0 aliphatic heterocycles. The Bertz CT molecular complexity index is 565. The smallest absolute Gasteiger partial charge is 0.422 e. The van der Waals surface area contributed by atoms with Gasteiger partial charge in [-0.3, -0.25) is 5.43 Å². The summed E-state index contributed by atoms with van der Waals surface area (Å²) in [7, 11) is 0. The molecule has 0 bridgehead atoms. The summed E-state index contributed by atoms with van der Waals surface area (Å²) in [5.74, 6) is 5.07. The molecule has 18 heavy (non-hydrogen) atoms. The van der Waals surface area contributed by atoms with Gasteiger partial charge in [0.2, 0.25) is 0 Å². The predicted octanol–water partition coefficient (Wildman–Crippen LogP) is 2.36. The molecule has 0 saturated heterocycles. The molecule has 1 aliphatic carbocycles. The second-order valence-electron chi connectivity index (χ2n) is 4.10. The van der Waals surface area contributed by atoms with E-state index in [2.05, 4.69) is 0 Å². The van der Waals surface area contributed by atoms with Crippen LogP contribution in [-0.2, 0) is 4.74 Å². The average Bonchev–Trinajstić information content (AvgIpc) is 2.74. The summed E-state index contributed by atoms with van der Waals surface area (Å²) in [6, 6.07) is 15.8. The highest BCUT2D eigenvalue weighted by atomic mass is 16.6. The topological polar surface area (TPSA) is 64.3 Å². The summed E-state index contributed by atoms with van der Waals surface area (Å²) in [6.07, 6.45) is -1.02. The van der Waals surface area contributed by atoms with Crippen molar-refractivity contribution in [1.82, 2.24) is 5.43 Å². The first-order chi connectivity index (χ1) is 8.81. The molecule has 0 heterocycles. The van der Waals surface area contributed by atoms with Gasteiger partial charge in [0.1, 0.15) is 0 Å². The van der Waals surface area contributed by atoms with Crippen LogP contribution in [0.25, 0.3) is 11.1 Å². The molecule has 0 radical (unpaired) electrons. The number of rotatable bonds is 1. The van der Waals surface area contributed by atoms with Crippen molar-refractivity contribution in [1.29, 1.82) is 0 Å². The molecule has 1 aliphatic rings. The van der Waals surface area contributed by atoms with Gasteiger partial charge in [-0.2, -0.15) is 0 Å². The zero-order chi connectivity index (χ0) is 12.5. The largest absolute Gasteiger partial charge is 0.435 e. The highest BCUT2D eigenvalue weighted by Crippen LogP contribution is 2.44. The van der Waals surface area contributed by atoms with Crippen LogP contribution >= 0.6 is 0 Å². The minimum absolute atomic E-state index is 0.388. The van der Waals surface area contributed by atoms with Gasteiger partial charge in [0, 0.05) is 11.1 Å². The van der Waals surface area contributed by atoms with E-state index in [1.807, 2.05) is 54.0 Å². The predicted molar refractivity (Wildman–Crippen MR) is 67.5 cm³/mol. The number of hydrogen-bond donors (Lipinski definition) is 2. The third-order valence-electron chi connectivity index (χ3n) is 3.12. The van der Waals surface area contributed by atoms with E-state index in [-0.39, 0.29) is 6.10 Å². The van der Waals surface area contributed by atoms with E-state index in [0.717, 1.165) is 22.3 Å². The van der Waals surface area contributed by atoms with Crippen LogP contribution in [-0.4, -0.2) is 6.09 Å². The van der Waals surface area contributed by atoms with E-state index < -0.39 is 6.09 Å². The van der Waals surface area contributed by atoms with Crippen molar-refractivity contribution in [2.45, 2.75) is 6.10 Å². The lowest BCUT2D eigenvalue weighted by Gasteiger charge is -2.14. The molecular weight excluding hydrogens is 228 g/mol. The van der Waals surface area contributed by atoms with Crippen molar-refractivity contribution in [3.8, 4) is 11.1 Å². The SMILES string of the molecule is NNC(=O)OC1c2ccccc2-c2ccccc21. The molecule has 0 aromatic heterocycles. The van der Waals surface area contributed by atoms with E-state index in [0.29, 0.717) is 0 Å². The number of ether oxygens (including phenoxy) is 1. The molecule has 0 spiro atoms. The number of carbonyl (C=O) groups excluding carboxylic acids is 1. The Morgan fingerprint density at radius 2 is 1.50 bits per heavy atom. The lowest BCUT2D eigenvalue weighted by molar-refractivity contribution is 0.118. The first-order valence-corrected chi connectivity index (χ1v) is 5.66. The van der Waals surface area contributed by atoms with E-state index in [1.54, 1.807) is 0 Å². The molecule has 90 valence electrons. The van der Waals surface area contributed by atoms with Gasteiger partial charge in [-0.15, -0.1) is 0 Å². The number of nitrogens with one attached hydrogen (secondary N) is 1. The minimum atomic E-state index is -0.633. The highest BCUT2D eigenvalue weighted by Gasteiger charge is 2.30. The Labute approximate surface area is 104 Å². The summed E-state index contributed by atoms with van der Waals surface area (Å²) in [6.45, 7) is 0. The van der Waals surface area contributed by atoms with Crippen LogP contribution in [0, 0.1) is 0 Å². The Morgan fingerprint density at radius 3 is 2.00 bits per heavy atom. The van der Waals surface area contributed by atoms with Crippen LogP contribution in [0.1, 0.15) is 17.2 Å². The second kappa shape index (κ2) is 4.16. The molecule has 3 rings (SSSR count). The zero-order valence-electron chi connectivity index (χ0n) is 9.59. The number of carbonyl (C=O) groups is 1. The lowest BCUT2D eigenvalue weighted by atomic mass is 10.1. The van der Waals surface area contributed by atoms with Gasteiger partial charge in [-0.25, -0.2) is 10.6 Å². The molecule has 4 nitrogen and oxygen atoms in total. The Morgan fingerprint density at radius 1 is 1.00 bits per heavy atom. The van der Waals surface area contributed by atoms with Gasteiger partial charge >= 0.3 is 6.09 Å². The normalized spacial score (nSPS) is 12.7. The van der Waals surface area contributed by atoms with Crippen molar-refractivity contribution in [2.75, 3.05) is 0 Å². The minimum Gasteiger partial charge on any atom is -0.435 e. The number of nitrogens with two attached hydrogens (primary N) is 1. The van der Waals surface area contributed by atoms with Crippen LogP contribution < -0.4 is 11.3 Å². The van der Waals surface area contributed by atoms with Crippen molar-refractivity contribution < 1.29 is 9.53 Å². The molecule has 3 N–H and O–H groups in total. The maximum atomic E-state index is 11.3. The van der Waals surface area contributed by atoms with E-state index >= 15 is 0 Å². The maximum absolute atomic E-state index is 11.3. The molecule has 0 fully saturated rings. The molecule has 1 amide bonds. The maximum Gasteiger partial charge on any atom is 0.422 e. The summed E-state index contributed by atoms with van der Waals surface area (Å²) in [5.41, 5.74) is 6.17. The van der Waals surface area contributed by atoms with Crippen LogP contribution in [0.15, 0.2) is 48.5 Å². The van der Waals surface area contributed by atoms with Gasteiger partial charge in [0.15, 0.2) is 6.10 Å². The number of benzene rings is 2. The lowest BCUT2D eigenvalue weighted by Crippen LogP contribution is -2.31. The van der Waals surface area contributed by atoms with Crippen molar-refractivity contribution in [2.24, 2.45) is 5.84 Å². The fraction of sp³-hybridized carbons (Fsp3) is 0.0714. The highest BCUT2D eigenvalue weighted by molar-refractivity contribution is 5.79. The van der Waals surface area contributed by atoms with E-state index in [1.165, 1.54) is 0 Å². The fourth-order valence-corrected chi connectivity index (χ4v) is 2.38. The van der Waals surface area contributed by atoms with Gasteiger partial charge in [-0.05, 0) is 11.1 Å². The number of amides is 1. The molecule has 2 aromatic rings. The standard InChI is InChI=1S/C14H12N2O2/c15-16-14(17)18-13-11-7-3-1-5-9(11)10-6-2-4-8-12(10)13/h1-8,13H,15H2,(H,16,17). The molecular formula is C14H12N2O2. The third-order valence-corrected chi connectivity index (χ3v) is 3.12. The molecule has 4 heteroatoms. The summed E-state index contributed by atoms with van der Waals surface area (Å²) in [4.78, 5) is 11.3. The summed E-state index contributed by atoms with van der Waals surface area (Å²) < 4.78 is 5.34. The van der Waals surface area contributed by atoms with Crippen molar-refractivity contribution in [3.05, 3.63) is 59.7 Å².